The van der Waals surface area contributed by atoms with E-state index in [1.807, 2.05) is 26.8 Å². The molecular formula is C16H22N2O3. The molecule has 0 bridgehead atoms. The minimum Gasteiger partial charge on any atom is -0.494 e. The van der Waals surface area contributed by atoms with E-state index in [0.717, 1.165) is 11.0 Å². The minimum atomic E-state index is -0.526. The van der Waals surface area contributed by atoms with Crippen LogP contribution < -0.4 is 5.56 Å². The molecule has 0 aliphatic rings. The van der Waals surface area contributed by atoms with Crippen molar-refractivity contribution in [3.05, 3.63) is 27.0 Å². The lowest BCUT2D eigenvalue weighted by Crippen LogP contribution is -2.27. The Kier molecular flexibility index (Phi) is 5.71. The molecule has 0 amide bonds. The van der Waals surface area contributed by atoms with Crippen molar-refractivity contribution in [1.82, 2.24) is 4.57 Å². The third-order valence-corrected chi connectivity index (χ3v) is 3.41. The number of rotatable bonds is 6. The van der Waals surface area contributed by atoms with E-state index < -0.39 is 5.56 Å². The van der Waals surface area contributed by atoms with Gasteiger partial charge < -0.3 is 5.11 Å². The van der Waals surface area contributed by atoms with Crippen LogP contribution in [0.15, 0.2) is 4.79 Å². The van der Waals surface area contributed by atoms with Crippen LogP contribution in [0.1, 0.15) is 61.5 Å². The average Bonchev–Trinajstić information content (AvgIpc) is 2.38. The molecule has 0 saturated heterocycles. The molecule has 21 heavy (non-hydrogen) atoms. The summed E-state index contributed by atoms with van der Waals surface area (Å²) < 4.78 is 1.14. The first kappa shape index (κ1) is 17.0. The summed E-state index contributed by atoms with van der Waals surface area (Å²) in [5, 5.41) is 19.5. The Morgan fingerprint density at radius 2 is 2.05 bits per heavy atom. The highest BCUT2D eigenvalue weighted by Gasteiger charge is 2.23. The van der Waals surface area contributed by atoms with E-state index in [0.29, 0.717) is 13.0 Å². The molecule has 1 aromatic rings. The van der Waals surface area contributed by atoms with Gasteiger partial charge in [-0.15, -0.1) is 0 Å². The summed E-state index contributed by atoms with van der Waals surface area (Å²) in [7, 11) is 0. The third kappa shape index (κ3) is 3.52. The number of ketones is 1. The van der Waals surface area contributed by atoms with Gasteiger partial charge in [0.25, 0.3) is 5.56 Å². The zero-order chi connectivity index (χ0) is 16.2. The van der Waals surface area contributed by atoms with Gasteiger partial charge in [-0.1, -0.05) is 27.2 Å². The Morgan fingerprint density at radius 3 is 2.52 bits per heavy atom. The summed E-state index contributed by atoms with van der Waals surface area (Å²) in [6, 6.07) is 1.86. The van der Waals surface area contributed by atoms with Gasteiger partial charge in [0, 0.05) is 13.0 Å². The van der Waals surface area contributed by atoms with Crippen LogP contribution >= 0.6 is 0 Å². The number of hydrogen-bond acceptors (Lipinski definition) is 4. The molecular weight excluding hydrogens is 268 g/mol. The number of unbranched alkanes of at least 4 members (excludes halogenated alkanes) is 1. The summed E-state index contributed by atoms with van der Waals surface area (Å²) in [6.45, 7) is 7.62. The predicted octanol–water partition coefficient (Wildman–Crippen LogP) is 2.76. The van der Waals surface area contributed by atoms with Crippen molar-refractivity contribution >= 4 is 5.78 Å². The minimum absolute atomic E-state index is 0.0593. The molecule has 0 saturated carbocycles. The van der Waals surface area contributed by atoms with Crippen LogP contribution in [0.5, 0.6) is 5.88 Å². The van der Waals surface area contributed by atoms with Gasteiger partial charge in [0.2, 0.25) is 5.88 Å². The lowest BCUT2D eigenvalue weighted by molar-refractivity contribution is 0.0962. The molecule has 0 fully saturated rings. The van der Waals surface area contributed by atoms with E-state index in [-0.39, 0.29) is 40.7 Å². The summed E-state index contributed by atoms with van der Waals surface area (Å²) in [5.74, 6) is -0.407. The Labute approximate surface area is 124 Å². The lowest BCUT2D eigenvalue weighted by Gasteiger charge is -2.15. The summed E-state index contributed by atoms with van der Waals surface area (Å²) in [6.07, 6.45) is 1.81. The first-order chi connectivity index (χ1) is 9.84. The molecule has 0 aliphatic carbocycles. The number of aromatic hydroxyl groups is 1. The van der Waals surface area contributed by atoms with Crippen molar-refractivity contribution in [2.24, 2.45) is 5.92 Å². The molecule has 0 unspecified atom stereocenters. The number of hydrogen-bond donors (Lipinski definition) is 1. The normalized spacial score (nSPS) is 10.7. The Bertz CT molecular complexity index is 636. The van der Waals surface area contributed by atoms with E-state index in [4.69, 9.17) is 0 Å². The quantitative estimate of drug-likeness (QED) is 0.816. The van der Waals surface area contributed by atoms with Crippen LogP contribution in [0.2, 0.25) is 0 Å². The van der Waals surface area contributed by atoms with Gasteiger partial charge in [-0.3, -0.25) is 14.2 Å². The zero-order valence-corrected chi connectivity index (χ0v) is 13.1. The maximum absolute atomic E-state index is 12.3. The second kappa shape index (κ2) is 7.07. The first-order valence-corrected chi connectivity index (χ1v) is 7.24. The molecule has 0 aliphatic heterocycles. The van der Waals surface area contributed by atoms with Gasteiger partial charge in [0.05, 0.1) is 5.56 Å². The number of aromatic nitrogens is 1. The van der Waals surface area contributed by atoms with Crippen molar-refractivity contribution in [2.45, 2.75) is 53.5 Å². The molecule has 5 heteroatoms. The number of carbonyl (C=O) groups excluding carboxylic acids is 1. The highest BCUT2D eigenvalue weighted by Crippen LogP contribution is 2.24. The van der Waals surface area contributed by atoms with E-state index in [9.17, 15) is 20.0 Å². The van der Waals surface area contributed by atoms with Crippen LogP contribution in [0, 0.1) is 24.2 Å². The van der Waals surface area contributed by atoms with Gasteiger partial charge in [-0.25, -0.2) is 0 Å². The fourth-order valence-electron chi connectivity index (χ4n) is 2.28. The number of carbonyl (C=O) groups is 1. The highest BCUT2D eigenvalue weighted by molar-refractivity contribution is 6.00. The molecule has 114 valence electrons. The van der Waals surface area contributed by atoms with E-state index in [1.165, 1.54) is 6.92 Å². The van der Waals surface area contributed by atoms with E-state index in [1.54, 1.807) is 0 Å². The van der Waals surface area contributed by atoms with Gasteiger partial charge in [0.15, 0.2) is 5.78 Å². The average molecular weight is 290 g/mol. The van der Waals surface area contributed by atoms with E-state index in [2.05, 4.69) is 0 Å². The Balaban J connectivity index is 3.53. The van der Waals surface area contributed by atoms with Crippen LogP contribution in [-0.4, -0.2) is 15.5 Å². The highest BCUT2D eigenvalue weighted by atomic mass is 16.3. The monoisotopic (exact) mass is 290 g/mol. The second-order valence-electron chi connectivity index (χ2n) is 5.64. The third-order valence-electron chi connectivity index (χ3n) is 3.41. The van der Waals surface area contributed by atoms with Crippen LogP contribution in [0.25, 0.3) is 0 Å². The number of Topliss-reactive ketones (excluding diaryl/α,β-unsaturated/α-hetero) is 1. The summed E-state index contributed by atoms with van der Waals surface area (Å²) in [5.41, 5.74) is -0.201. The molecule has 5 nitrogen and oxygen atoms in total. The molecule has 0 atom stereocenters. The van der Waals surface area contributed by atoms with Gasteiger partial charge in [-0.2, -0.15) is 5.26 Å². The summed E-state index contributed by atoms with van der Waals surface area (Å²) in [4.78, 5) is 24.5. The van der Waals surface area contributed by atoms with Crippen molar-refractivity contribution < 1.29 is 9.90 Å². The van der Waals surface area contributed by atoms with Gasteiger partial charge in [-0.05, 0) is 24.8 Å². The number of nitrogens with zero attached hydrogens (tertiary/aromatic N) is 2. The standard InChI is InChI=1S/C16H22N2O3/c1-5-6-7-18-15(20)12(9-17)11(4)14(16(18)21)13(19)8-10(2)3/h10,21H,5-8H2,1-4H3. The molecule has 1 heterocycles. The Hall–Kier alpha value is -2.09. The number of nitriles is 1. The van der Waals surface area contributed by atoms with Crippen molar-refractivity contribution in [3.63, 3.8) is 0 Å². The van der Waals surface area contributed by atoms with Crippen LogP contribution in [-0.2, 0) is 6.54 Å². The summed E-state index contributed by atoms with van der Waals surface area (Å²) >= 11 is 0. The van der Waals surface area contributed by atoms with Gasteiger partial charge in [0.1, 0.15) is 11.6 Å². The van der Waals surface area contributed by atoms with Crippen molar-refractivity contribution in [1.29, 1.82) is 5.26 Å². The second-order valence-corrected chi connectivity index (χ2v) is 5.64. The van der Waals surface area contributed by atoms with Crippen molar-refractivity contribution in [3.8, 4) is 11.9 Å². The lowest BCUT2D eigenvalue weighted by atomic mass is 9.96. The first-order valence-electron chi connectivity index (χ1n) is 7.24. The van der Waals surface area contributed by atoms with Gasteiger partial charge >= 0.3 is 0 Å². The van der Waals surface area contributed by atoms with E-state index >= 15 is 0 Å². The largest absolute Gasteiger partial charge is 0.494 e. The SMILES string of the molecule is CCCCn1c(O)c(C(=O)CC(C)C)c(C)c(C#N)c1=O. The smallest absolute Gasteiger partial charge is 0.271 e. The number of pyridine rings is 1. The fraction of sp³-hybridized carbons (Fsp3) is 0.562. The molecule has 1 aromatic heterocycles. The fourth-order valence-corrected chi connectivity index (χ4v) is 2.28. The Morgan fingerprint density at radius 1 is 1.43 bits per heavy atom. The molecule has 0 aromatic carbocycles. The topological polar surface area (TPSA) is 83.1 Å². The molecule has 0 radical (unpaired) electrons. The maximum atomic E-state index is 12.3. The zero-order valence-electron chi connectivity index (χ0n) is 13.1. The van der Waals surface area contributed by atoms with Crippen LogP contribution in [0.3, 0.4) is 0 Å². The molecule has 1 N–H and O–H groups in total. The molecule has 0 spiro atoms. The molecule has 1 rings (SSSR count). The van der Waals surface area contributed by atoms with Crippen molar-refractivity contribution in [2.75, 3.05) is 0 Å². The maximum Gasteiger partial charge on any atom is 0.271 e. The predicted molar refractivity (Wildman–Crippen MR) is 80.5 cm³/mol. The van der Waals surface area contributed by atoms with Crippen LogP contribution in [0.4, 0.5) is 0 Å².